The average Bonchev–Trinajstić information content (AvgIpc) is 2.60. The molecular formula is C14H20O6. The van der Waals surface area contributed by atoms with Crippen LogP contribution in [0.15, 0.2) is 12.7 Å². The standard InChI is InChI=1S/C14H20O6/c1-2-13(20)7-9-10(15)3-4-14(9,13)8(5-11(16)17)6-12(18)19/h2,8-10,15,20H,1,3-7H2,(H,16,17)(H,18,19). The molecule has 4 unspecified atom stereocenters. The third kappa shape index (κ3) is 1.94. The summed E-state index contributed by atoms with van der Waals surface area (Å²) < 4.78 is 0. The number of aliphatic carboxylic acids is 2. The topological polar surface area (TPSA) is 115 Å². The lowest BCUT2D eigenvalue weighted by molar-refractivity contribution is -0.216. The highest BCUT2D eigenvalue weighted by atomic mass is 16.4. The molecule has 0 saturated heterocycles. The molecule has 6 heteroatoms. The minimum Gasteiger partial charge on any atom is -0.481 e. The van der Waals surface area contributed by atoms with Gasteiger partial charge in [-0.2, -0.15) is 0 Å². The molecule has 2 aliphatic rings. The lowest BCUT2D eigenvalue weighted by Gasteiger charge is -2.61. The predicted octanol–water partition coefficient (Wildman–Crippen LogP) is 0.630. The molecule has 112 valence electrons. The highest BCUT2D eigenvalue weighted by molar-refractivity contribution is 5.71. The van der Waals surface area contributed by atoms with E-state index in [1.807, 2.05) is 0 Å². The third-order valence-corrected chi connectivity index (χ3v) is 5.23. The van der Waals surface area contributed by atoms with Crippen LogP contribution in [0, 0.1) is 17.3 Å². The van der Waals surface area contributed by atoms with E-state index in [-0.39, 0.29) is 18.8 Å². The zero-order valence-corrected chi connectivity index (χ0v) is 11.2. The van der Waals surface area contributed by atoms with Crippen LogP contribution in [-0.4, -0.2) is 44.1 Å². The summed E-state index contributed by atoms with van der Waals surface area (Å²) >= 11 is 0. The lowest BCUT2D eigenvalue weighted by atomic mass is 9.45. The minimum absolute atomic E-state index is 0.255. The average molecular weight is 284 g/mol. The molecule has 0 aliphatic heterocycles. The van der Waals surface area contributed by atoms with Gasteiger partial charge < -0.3 is 20.4 Å². The minimum atomic E-state index is -1.29. The van der Waals surface area contributed by atoms with Crippen molar-refractivity contribution in [3.05, 3.63) is 12.7 Å². The van der Waals surface area contributed by atoms with Gasteiger partial charge in [0.05, 0.1) is 11.7 Å². The third-order valence-electron chi connectivity index (χ3n) is 5.23. The largest absolute Gasteiger partial charge is 0.481 e. The van der Waals surface area contributed by atoms with Gasteiger partial charge in [-0.05, 0) is 31.1 Å². The highest BCUT2D eigenvalue weighted by Gasteiger charge is 2.70. The van der Waals surface area contributed by atoms with Crippen molar-refractivity contribution in [1.82, 2.24) is 0 Å². The van der Waals surface area contributed by atoms with Crippen LogP contribution in [0.5, 0.6) is 0 Å². The fourth-order valence-corrected chi connectivity index (χ4v) is 4.36. The van der Waals surface area contributed by atoms with Gasteiger partial charge in [0, 0.05) is 18.3 Å². The van der Waals surface area contributed by atoms with Gasteiger partial charge in [-0.3, -0.25) is 9.59 Å². The molecule has 0 radical (unpaired) electrons. The second-order valence-electron chi connectivity index (χ2n) is 5.98. The Labute approximate surface area is 116 Å². The van der Waals surface area contributed by atoms with E-state index >= 15 is 0 Å². The summed E-state index contributed by atoms with van der Waals surface area (Å²) in [6, 6.07) is 0. The Kier molecular flexibility index (Phi) is 3.64. The number of hydrogen-bond acceptors (Lipinski definition) is 4. The van der Waals surface area contributed by atoms with Crippen LogP contribution in [0.25, 0.3) is 0 Å². The fourth-order valence-electron chi connectivity index (χ4n) is 4.36. The molecule has 0 aromatic carbocycles. The molecule has 0 bridgehead atoms. The van der Waals surface area contributed by atoms with E-state index in [0.717, 1.165) is 0 Å². The van der Waals surface area contributed by atoms with Crippen molar-refractivity contribution in [2.75, 3.05) is 0 Å². The molecule has 2 rings (SSSR count). The summed E-state index contributed by atoms with van der Waals surface area (Å²) in [5, 5.41) is 38.7. The number of rotatable bonds is 6. The number of aliphatic hydroxyl groups is 2. The summed E-state index contributed by atoms with van der Waals surface area (Å²) in [7, 11) is 0. The molecule has 0 aromatic rings. The number of carboxylic acids is 2. The van der Waals surface area contributed by atoms with Crippen LogP contribution in [0.3, 0.4) is 0 Å². The van der Waals surface area contributed by atoms with E-state index < -0.39 is 35.0 Å². The molecule has 0 aromatic heterocycles. The summed E-state index contributed by atoms with van der Waals surface area (Å²) in [5.41, 5.74) is -2.17. The summed E-state index contributed by atoms with van der Waals surface area (Å²) in [4.78, 5) is 22.1. The van der Waals surface area contributed by atoms with Crippen molar-refractivity contribution in [1.29, 1.82) is 0 Å². The van der Waals surface area contributed by atoms with Crippen molar-refractivity contribution in [2.24, 2.45) is 17.3 Å². The molecule has 0 amide bonds. The first kappa shape index (κ1) is 15.0. The first-order valence-electron chi connectivity index (χ1n) is 6.74. The SMILES string of the molecule is C=CC1(O)CC2C(O)CCC21C(CC(=O)O)CC(=O)O. The molecule has 2 saturated carbocycles. The first-order valence-corrected chi connectivity index (χ1v) is 6.74. The number of hydrogen-bond donors (Lipinski definition) is 4. The van der Waals surface area contributed by atoms with Gasteiger partial charge in [0.25, 0.3) is 0 Å². The molecule has 4 atom stereocenters. The van der Waals surface area contributed by atoms with E-state index in [4.69, 9.17) is 10.2 Å². The smallest absolute Gasteiger partial charge is 0.303 e. The quantitative estimate of drug-likeness (QED) is 0.532. The van der Waals surface area contributed by atoms with Crippen LogP contribution >= 0.6 is 0 Å². The number of aliphatic hydroxyl groups excluding tert-OH is 1. The monoisotopic (exact) mass is 284 g/mol. The van der Waals surface area contributed by atoms with Crippen molar-refractivity contribution in [2.45, 2.75) is 43.8 Å². The lowest BCUT2D eigenvalue weighted by Crippen LogP contribution is -2.65. The second-order valence-corrected chi connectivity index (χ2v) is 5.98. The molecule has 6 nitrogen and oxygen atoms in total. The van der Waals surface area contributed by atoms with E-state index in [2.05, 4.69) is 6.58 Å². The van der Waals surface area contributed by atoms with Crippen molar-refractivity contribution < 1.29 is 30.0 Å². The molecular weight excluding hydrogens is 264 g/mol. The van der Waals surface area contributed by atoms with E-state index in [0.29, 0.717) is 19.3 Å². The van der Waals surface area contributed by atoms with E-state index in [1.165, 1.54) is 6.08 Å². The van der Waals surface area contributed by atoms with Crippen molar-refractivity contribution in [3.8, 4) is 0 Å². The highest BCUT2D eigenvalue weighted by Crippen LogP contribution is 2.68. The molecule has 20 heavy (non-hydrogen) atoms. The van der Waals surface area contributed by atoms with Gasteiger partial charge in [0.1, 0.15) is 0 Å². The normalized spacial score (nSPS) is 39.1. The summed E-state index contributed by atoms with van der Waals surface area (Å²) in [6.45, 7) is 3.60. The Bertz CT molecular complexity index is 431. The van der Waals surface area contributed by atoms with Crippen molar-refractivity contribution >= 4 is 11.9 Å². The van der Waals surface area contributed by atoms with Gasteiger partial charge in [-0.15, -0.1) is 6.58 Å². The van der Waals surface area contributed by atoms with E-state index in [1.54, 1.807) is 0 Å². The van der Waals surface area contributed by atoms with Gasteiger partial charge in [0.15, 0.2) is 0 Å². The van der Waals surface area contributed by atoms with Crippen LogP contribution in [0.2, 0.25) is 0 Å². The van der Waals surface area contributed by atoms with Crippen LogP contribution in [-0.2, 0) is 9.59 Å². The number of fused-ring (bicyclic) bond motifs is 1. The molecule has 2 fully saturated rings. The molecule has 0 heterocycles. The number of carboxylic acid groups (broad SMARTS) is 2. The fraction of sp³-hybridized carbons (Fsp3) is 0.714. The maximum atomic E-state index is 11.0. The summed E-state index contributed by atoms with van der Waals surface area (Å²) in [6.07, 6.45) is 1.30. The molecule has 0 spiro atoms. The number of carbonyl (C=O) groups is 2. The van der Waals surface area contributed by atoms with E-state index in [9.17, 15) is 19.8 Å². The zero-order chi connectivity index (χ0) is 15.1. The Balaban J connectivity index is 2.38. The maximum Gasteiger partial charge on any atom is 0.303 e. The zero-order valence-electron chi connectivity index (χ0n) is 11.2. The Morgan fingerprint density at radius 2 is 1.85 bits per heavy atom. The Hall–Kier alpha value is -1.40. The maximum absolute atomic E-state index is 11.0. The van der Waals surface area contributed by atoms with Gasteiger partial charge in [0.2, 0.25) is 0 Å². The van der Waals surface area contributed by atoms with Gasteiger partial charge in [-0.1, -0.05) is 6.08 Å². The van der Waals surface area contributed by atoms with Crippen LogP contribution in [0.1, 0.15) is 32.1 Å². The van der Waals surface area contributed by atoms with Gasteiger partial charge in [-0.25, -0.2) is 0 Å². The van der Waals surface area contributed by atoms with Crippen LogP contribution in [0.4, 0.5) is 0 Å². The Morgan fingerprint density at radius 3 is 2.25 bits per heavy atom. The molecule has 2 aliphatic carbocycles. The predicted molar refractivity (Wildman–Crippen MR) is 68.9 cm³/mol. The summed E-state index contributed by atoms with van der Waals surface area (Å²) in [5.74, 6) is -3.15. The second kappa shape index (κ2) is 4.86. The Morgan fingerprint density at radius 1 is 1.30 bits per heavy atom. The van der Waals surface area contributed by atoms with Gasteiger partial charge >= 0.3 is 11.9 Å². The van der Waals surface area contributed by atoms with Crippen molar-refractivity contribution in [3.63, 3.8) is 0 Å². The first-order chi connectivity index (χ1) is 9.26. The molecule has 4 N–H and O–H groups in total. The van der Waals surface area contributed by atoms with Crippen LogP contribution < -0.4 is 0 Å².